The summed E-state index contributed by atoms with van der Waals surface area (Å²) in [4.78, 5) is 10.8. The first-order chi connectivity index (χ1) is 9.38. The van der Waals surface area contributed by atoms with Gasteiger partial charge in [-0.25, -0.2) is 17.9 Å². The van der Waals surface area contributed by atoms with Crippen LogP contribution in [0.5, 0.6) is 0 Å². The largest absolute Gasteiger partial charge is 0.478 e. The van der Waals surface area contributed by atoms with Crippen LogP contribution in [0.2, 0.25) is 0 Å². The van der Waals surface area contributed by atoms with E-state index in [0.717, 1.165) is 17.4 Å². The van der Waals surface area contributed by atoms with Crippen molar-refractivity contribution in [1.29, 1.82) is 0 Å². The first-order valence-electron chi connectivity index (χ1n) is 5.83. The highest BCUT2D eigenvalue weighted by Crippen LogP contribution is 2.24. The lowest BCUT2D eigenvalue weighted by Crippen LogP contribution is -2.44. The van der Waals surface area contributed by atoms with Crippen LogP contribution in [0.15, 0.2) is 15.7 Å². The van der Waals surface area contributed by atoms with Gasteiger partial charge in [0.15, 0.2) is 0 Å². The van der Waals surface area contributed by atoms with E-state index in [1.165, 1.54) is 12.5 Å². The second-order valence-electron chi connectivity index (χ2n) is 4.47. The molecule has 1 atom stereocenters. The minimum atomic E-state index is -3.74. The van der Waals surface area contributed by atoms with Gasteiger partial charge in [-0.3, -0.25) is 0 Å². The fourth-order valence-electron chi connectivity index (χ4n) is 1.83. The zero-order valence-electron chi connectivity index (χ0n) is 10.8. The molecule has 0 spiro atoms. The standard InChI is InChI=1S/C11H15NO6S2/c1-17-11(2-3-18-7-11)6-12-20(15,16)9-4-8(5-19-9)10(13)14/h4-5,12H,2-3,6-7H2,1H3,(H,13,14). The minimum absolute atomic E-state index is 0.0277. The number of hydrogen-bond acceptors (Lipinski definition) is 6. The summed E-state index contributed by atoms with van der Waals surface area (Å²) in [6.45, 7) is 0.945. The molecule has 0 aromatic carbocycles. The highest BCUT2D eigenvalue weighted by atomic mass is 32.2. The molecule has 0 radical (unpaired) electrons. The van der Waals surface area contributed by atoms with E-state index in [-0.39, 0.29) is 16.3 Å². The van der Waals surface area contributed by atoms with E-state index in [9.17, 15) is 13.2 Å². The zero-order chi connectivity index (χ0) is 14.8. The van der Waals surface area contributed by atoms with Crippen molar-refractivity contribution in [3.05, 3.63) is 17.0 Å². The summed E-state index contributed by atoms with van der Waals surface area (Å²) >= 11 is 0.870. The van der Waals surface area contributed by atoms with Gasteiger partial charge in [-0.1, -0.05) is 0 Å². The molecule has 2 rings (SSSR count). The van der Waals surface area contributed by atoms with Gasteiger partial charge >= 0.3 is 5.97 Å². The molecule has 0 bridgehead atoms. The first kappa shape index (κ1) is 15.4. The molecule has 0 saturated carbocycles. The third-order valence-corrected chi connectivity index (χ3v) is 6.01. The normalized spacial score (nSPS) is 23.1. The van der Waals surface area contributed by atoms with E-state index in [1.54, 1.807) is 0 Å². The van der Waals surface area contributed by atoms with Crippen molar-refractivity contribution in [2.75, 3.05) is 26.9 Å². The quantitative estimate of drug-likeness (QED) is 0.792. The number of thiophene rings is 1. The maximum atomic E-state index is 12.1. The zero-order valence-corrected chi connectivity index (χ0v) is 12.4. The molecule has 7 nitrogen and oxygen atoms in total. The van der Waals surface area contributed by atoms with Gasteiger partial charge in [-0.05, 0) is 6.07 Å². The molecule has 2 heterocycles. The minimum Gasteiger partial charge on any atom is -0.478 e. The Morgan fingerprint density at radius 3 is 2.90 bits per heavy atom. The lowest BCUT2D eigenvalue weighted by atomic mass is 10.0. The van der Waals surface area contributed by atoms with Gasteiger partial charge in [0.25, 0.3) is 0 Å². The number of carboxylic acid groups (broad SMARTS) is 1. The highest BCUT2D eigenvalue weighted by molar-refractivity contribution is 7.91. The third-order valence-electron chi connectivity index (χ3n) is 3.17. The average Bonchev–Trinajstić information content (AvgIpc) is 3.07. The maximum Gasteiger partial charge on any atom is 0.336 e. The number of sulfonamides is 1. The Hall–Kier alpha value is -1.00. The van der Waals surface area contributed by atoms with Gasteiger partial charge in [0.2, 0.25) is 10.0 Å². The number of methoxy groups -OCH3 is 1. The number of carboxylic acids is 1. The number of rotatable bonds is 6. The van der Waals surface area contributed by atoms with E-state index in [0.29, 0.717) is 19.6 Å². The van der Waals surface area contributed by atoms with Crippen LogP contribution in [0.3, 0.4) is 0 Å². The van der Waals surface area contributed by atoms with E-state index in [2.05, 4.69) is 4.72 Å². The number of aromatic carboxylic acids is 1. The molecule has 2 N–H and O–H groups in total. The van der Waals surface area contributed by atoms with Gasteiger partial charge < -0.3 is 14.6 Å². The number of ether oxygens (including phenoxy) is 2. The Labute approximate surface area is 120 Å². The van der Waals surface area contributed by atoms with Crippen LogP contribution < -0.4 is 4.72 Å². The van der Waals surface area contributed by atoms with E-state index >= 15 is 0 Å². The van der Waals surface area contributed by atoms with Gasteiger partial charge in [-0.15, -0.1) is 11.3 Å². The Morgan fingerprint density at radius 2 is 2.40 bits per heavy atom. The molecule has 1 aliphatic rings. The van der Waals surface area contributed by atoms with Gasteiger partial charge in [0.05, 0.1) is 12.2 Å². The lowest BCUT2D eigenvalue weighted by Gasteiger charge is -2.25. The smallest absolute Gasteiger partial charge is 0.336 e. The summed E-state index contributed by atoms with van der Waals surface area (Å²) in [5, 5.41) is 10.1. The van der Waals surface area contributed by atoms with Crippen LogP contribution in [0.4, 0.5) is 0 Å². The fraction of sp³-hybridized carbons (Fsp3) is 0.545. The summed E-state index contributed by atoms with van der Waals surface area (Å²) in [6, 6.07) is 1.14. The number of nitrogens with one attached hydrogen (secondary N) is 1. The molecule has 1 unspecified atom stereocenters. The van der Waals surface area contributed by atoms with Crippen molar-refractivity contribution in [3.8, 4) is 0 Å². The molecule has 9 heteroatoms. The summed E-state index contributed by atoms with van der Waals surface area (Å²) in [6.07, 6.45) is 0.608. The highest BCUT2D eigenvalue weighted by Gasteiger charge is 2.36. The third kappa shape index (κ3) is 3.18. The van der Waals surface area contributed by atoms with Crippen molar-refractivity contribution in [1.82, 2.24) is 4.72 Å². The molecule has 20 heavy (non-hydrogen) atoms. The topological polar surface area (TPSA) is 102 Å². The predicted octanol–water partition coefficient (Wildman–Crippen LogP) is 0.530. The fourth-order valence-corrected chi connectivity index (χ4v) is 4.14. The first-order valence-corrected chi connectivity index (χ1v) is 8.19. The van der Waals surface area contributed by atoms with E-state index in [4.69, 9.17) is 14.6 Å². The molecule has 1 aromatic heterocycles. The number of carbonyl (C=O) groups is 1. The Kier molecular flexibility index (Phi) is 4.45. The van der Waals surface area contributed by atoms with Gasteiger partial charge in [0, 0.05) is 32.1 Å². The van der Waals surface area contributed by atoms with Crippen molar-refractivity contribution in [3.63, 3.8) is 0 Å². The SMILES string of the molecule is COC1(CNS(=O)(=O)c2cc(C(=O)O)cs2)CCOC1. The molecule has 112 valence electrons. The van der Waals surface area contributed by atoms with Gasteiger partial charge in [0.1, 0.15) is 9.81 Å². The monoisotopic (exact) mass is 321 g/mol. The van der Waals surface area contributed by atoms with Crippen LogP contribution in [0.1, 0.15) is 16.8 Å². The molecular formula is C11H15NO6S2. The second kappa shape index (κ2) is 5.78. The molecule has 0 amide bonds. The van der Waals surface area contributed by atoms with Crippen molar-refractivity contribution in [2.24, 2.45) is 0 Å². The molecule has 1 fully saturated rings. The summed E-state index contributed by atoms with van der Waals surface area (Å²) in [5.41, 5.74) is -0.694. The van der Waals surface area contributed by atoms with Crippen LogP contribution in [-0.2, 0) is 19.5 Å². The molecule has 1 saturated heterocycles. The van der Waals surface area contributed by atoms with Crippen molar-refractivity contribution < 1.29 is 27.8 Å². The Morgan fingerprint density at radius 1 is 1.65 bits per heavy atom. The molecule has 1 aliphatic heterocycles. The molecule has 0 aliphatic carbocycles. The predicted molar refractivity (Wildman–Crippen MR) is 71.6 cm³/mol. The lowest BCUT2D eigenvalue weighted by molar-refractivity contribution is -0.0120. The van der Waals surface area contributed by atoms with Crippen LogP contribution in [-0.4, -0.2) is 52.0 Å². The average molecular weight is 321 g/mol. The summed E-state index contributed by atoms with van der Waals surface area (Å²) in [5.74, 6) is -1.15. The number of hydrogen-bond donors (Lipinski definition) is 2. The van der Waals surface area contributed by atoms with Crippen LogP contribution >= 0.6 is 11.3 Å². The van der Waals surface area contributed by atoms with Crippen molar-refractivity contribution in [2.45, 2.75) is 16.2 Å². The summed E-state index contributed by atoms with van der Waals surface area (Å²) < 4.78 is 37.2. The van der Waals surface area contributed by atoms with Gasteiger partial charge in [-0.2, -0.15) is 0 Å². The molecule has 1 aromatic rings. The molecular weight excluding hydrogens is 306 g/mol. The van der Waals surface area contributed by atoms with Crippen LogP contribution in [0.25, 0.3) is 0 Å². The second-order valence-corrected chi connectivity index (χ2v) is 7.38. The Balaban J connectivity index is 2.08. The summed E-state index contributed by atoms with van der Waals surface area (Å²) in [7, 11) is -2.23. The van der Waals surface area contributed by atoms with E-state index < -0.39 is 21.6 Å². The van der Waals surface area contributed by atoms with Crippen LogP contribution in [0, 0.1) is 0 Å². The van der Waals surface area contributed by atoms with Crippen molar-refractivity contribution >= 4 is 27.3 Å². The van der Waals surface area contributed by atoms with E-state index in [1.807, 2.05) is 0 Å². The Bertz CT molecular complexity index is 588. The maximum absolute atomic E-state index is 12.1.